The quantitative estimate of drug-likeness (QED) is 0.813. The van der Waals surface area contributed by atoms with Gasteiger partial charge in [-0.25, -0.2) is 9.97 Å². The molecule has 0 unspecified atom stereocenters. The van der Waals surface area contributed by atoms with Crippen LogP contribution in [0.15, 0.2) is 4.47 Å². The van der Waals surface area contributed by atoms with Crippen LogP contribution < -0.4 is 5.32 Å². The summed E-state index contributed by atoms with van der Waals surface area (Å²) in [4.78, 5) is 9.31. The molecule has 108 valence electrons. The van der Waals surface area contributed by atoms with Crippen LogP contribution in [0.2, 0.25) is 0 Å². The van der Waals surface area contributed by atoms with Crippen molar-refractivity contribution in [2.45, 2.75) is 58.0 Å². The maximum absolute atomic E-state index is 4.69. The Morgan fingerprint density at radius 2 is 1.89 bits per heavy atom. The minimum Gasteiger partial charge on any atom is -0.369 e. The van der Waals surface area contributed by atoms with Crippen LogP contribution in [0.25, 0.3) is 0 Å². The van der Waals surface area contributed by atoms with Crippen LogP contribution in [0.4, 0.5) is 5.82 Å². The zero-order valence-electron chi connectivity index (χ0n) is 12.5. The third-order valence-corrected chi connectivity index (χ3v) is 4.53. The summed E-state index contributed by atoms with van der Waals surface area (Å²) in [5.41, 5.74) is 1.11. The molecule has 0 saturated carbocycles. The van der Waals surface area contributed by atoms with E-state index in [1.54, 1.807) is 0 Å². The number of aryl methyl sites for hydroxylation is 1. The van der Waals surface area contributed by atoms with Crippen molar-refractivity contribution >= 4 is 33.5 Å². The van der Waals surface area contributed by atoms with Crippen molar-refractivity contribution < 1.29 is 0 Å². The highest BCUT2D eigenvalue weighted by Gasteiger charge is 2.15. The van der Waals surface area contributed by atoms with Crippen LogP contribution in [0, 0.1) is 0 Å². The molecule has 3 nitrogen and oxygen atoms in total. The Hall–Kier alpha value is -0.290. The first kappa shape index (κ1) is 16.8. The molecular weight excluding hydrogens is 322 g/mol. The highest BCUT2D eigenvalue weighted by atomic mass is 79.9. The first-order valence-electron chi connectivity index (χ1n) is 6.80. The maximum Gasteiger partial charge on any atom is 0.144 e. The maximum atomic E-state index is 4.69. The molecule has 1 aromatic rings. The van der Waals surface area contributed by atoms with Gasteiger partial charge in [-0.15, -0.1) is 11.8 Å². The molecule has 0 saturated heterocycles. The predicted octanol–water partition coefficient (Wildman–Crippen LogP) is 4.66. The zero-order chi connectivity index (χ0) is 14.5. The van der Waals surface area contributed by atoms with Gasteiger partial charge in [-0.1, -0.05) is 34.1 Å². The number of aromatic nitrogens is 2. The summed E-state index contributed by atoms with van der Waals surface area (Å²) in [6.07, 6.45) is 2.07. The van der Waals surface area contributed by atoms with E-state index in [0.29, 0.717) is 0 Å². The van der Waals surface area contributed by atoms with Crippen LogP contribution in [0.3, 0.4) is 0 Å². The average Bonchev–Trinajstić information content (AvgIpc) is 2.31. The minimum absolute atomic E-state index is 0.236. The van der Waals surface area contributed by atoms with E-state index in [-0.39, 0.29) is 4.75 Å². The van der Waals surface area contributed by atoms with E-state index in [9.17, 15) is 0 Å². The SMILES string of the molecule is CCCc1nc(CSC(C)(C)C)nc(NCC)c1Br. The topological polar surface area (TPSA) is 37.8 Å². The molecular formula is C14H24BrN3S. The second kappa shape index (κ2) is 7.48. The molecule has 0 atom stereocenters. The van der Waals surface area contributed by atoms with Gasteiger partial charge in [0.05, 0.1) is 15.9 Å². The third-order valence-electron chi connectivity index (χ3n) is 2.43. The number of anilines is 1. The monoisotopic (exact) mass is 345 g/mol. The molecule has 0 aromatic carbocycles. The molecule has 0 fully saturated rings. The van der Waals surface area contributed by atoms with Crippen molar-refractivity contribution in [2.75, 3.05) is 11.9 Å². The molecule has 0 radical (unpaired) electrons. The van der Waals surface area contributed by atoms with E-state index in [0.717, 1.165) is 46.9 Å². The Morgan fingerprint density at radius 3 is 2.42 bits per heavy atom. The zero-order valence-corrected chi connectivity index (χ0v) is 14.9. The van der Waals surface area contributed by atoms with Crippen LogP contribution >= 0.6 is 27.7 Å². The highest BCUT2D eigenvalue weighted by Crippen LogP contribution is 2.29. The van der Waals surface area contributed by atoms with Gasteiger partial charge in [-0.2, -0.15) is 0 Å². The summed E-state index contributed by atoms with van der Waals surface area (Å²) in [7, 11) is 0. The molecule has 5 heteroatoms. The Balaban J connectivity index is 2.97. The van der Waals surface area contributed by atoms with E-state index >= 15 is 0 Å². The molecule has 1 heterocycles. The molecule has 1 aromatic heterocycles. The standard InChI is InChI=1S/C14H24BrN3S/c1-6-8-10-12(15)13(16-7-2)18-11(17-10)9-19-14(3,4)5/h6-9H2,1-5H3,(H,16,17,18). The average molecular weight is 346 g/mol. The van der Waals surface area contributed by atoms with E-state index < -0.39 is 0 Å². The number of rotatable bonds is 6. The number of nitrogens with zero attached hydrogens (tertiary/aromatic N) is 2. The van der Waals surface area contributed by atoms with Gasteiger partial charge in [-0.3, -0.25) is 0 Å². The third kappa shape index (κ3) is 5.69. The van der Waals surface area contributed by atoms with Gasteiger partial charge < -0.3 is 5.32 Å². The highest BCUT2D eigenvalue weighted by molar-refractivity contribution is 9.10. The van der Waals surface area contributed by atoms with Crippen LogP contribution in [0.1, 0.15) is 52.6 Å². The summed E-state index contributed by atoms with van der Waals surface area (Å²) in [5, 5.41) is 3.30. The fourth-order valence-corrected chi connectivity index (χ4v) is 2.78. The number of hydrogen-bond donors (Lipinski definition) is 1. The minimum atomic E-state index is 0.236. The Morgan fingerprint density at radius 1 is 1.21 bits per heavy atom. The second-order valence-electron chi connectivity index (χ2n) is 5.43. The summed E-state index contributed by atoms with van der Waals surface area (Å²) < 4.78 is 1.25. The van der Waals surface area contributed by atoms with Gasteiger partial charge in [0, 0.05) is 11.3 Å². The number of thioether (sulfide) groups is 1. The van der Waals surface area contributed by atoms with Gasteiger partial charge in [-0.05, 0) is 29.3 Å². The number of hydrogen-bond acceptors (Lipinski definition) is 4. The van der Waals surface area contributed by atoms with Crippen molar-refractivity contribution in [1.82, 2.24) is 9.97 Å². The van der Waals surface area contributed by atoms with Crippen LogP contribution in [-0.2, 0) is 12.2 Å². The molecule has 0 amide bonds. The fraction of sp³-hybridized carbons (Fsp3) is 0.714. The van der Waals surface area contributed by atoms with Gasteiger partial charge >= 0.3 is 0 Å². The summed E-state index contributed by atoms with van der Waals surface area (Å²) in [5.74, 6) is 2.69. The van der Waals surface area contributed by atoms with Crippen LogP contribution in [-0.4, -0.2) is 21.3 Å². The van der Waals surface area contributed by atoms with Gasteiger partial charge in [0.25, 0.3) is 0 Å². The van der Waals surface area contributed by atoms with E-state index in [2.05, 4.69) is 65.8 Å². The molecule has 0 spiro atoms. The van der Waals surface area contributed by atoms with Gasteiger partial charge in [0.2, 0.25) is 0 Å². The normalized spacial score (nSPS) is 11.7. The fourth-order valence-electron chi connectivity index (χ4n) is 1.58. The Bertz CT molecular complexity index is 389. The smallest absolute Gasteiger partial charge is 0.144 e. The number of halogens is 1. The molecule has 0 aliphatic carbocycles. The largest absolute Gasteiger partial charge is 0.369 e. The lowest BCUT2D eigenvalue weighted by atomic mass is 10.2. The molecule has 0 aliphatic rings. The van der Waals surface area contributed by atoms with E-state index in [1.807, 2.05) is 11.8 Å². The molecule has 19 heavy (non-hydrogen) atoms. The first-order valence-corrected chi connectivity index (χ1v) is 8.58. The van der Waals surface area contributed by atoms with Crippen molar-refractivity contribution in [3.05, 3.63) is 16.0 Å². The Labute approximate surface area is 129 Å². The van der Waals surface area contributed by atoms with Gasteiger partial charge in [0.1, 0.15) is 11.6 Å². The number of nitrogens with one attached hydrogen (secondary N) is 1. The summed E-state index contributed by atoms with van der Waals surface area (Å²) in [6.45, 7) is 11.8. The van der Waals surface area contributed by atoms with E-state index in [1.165, 1.54) is 0 Å². The van der Waals surface area contributed by atoms with Crippen LogP contribution in [0.5, 0.6) is 0 Å². The lowest BCUT2D eigenvalue weighted by Crippen LogP contribution is -2.11. The lowest BCUT2D eigenvalue weighted by Gasteiger charge is -2.18. The summed E-state index contributed by atoms with van der Waals surface area (Å²) in [6, 6.07) is 0. The molecule has 1 rings (SSSR count). The summed E-state index contributed by atoms with van der Waals surface area (Å²) >= 11 is 5.49. The van der Waals surface area contributed by atoms with Crippen molar-refractivity contribution in [2.24, 2.45) is 0 Å². The van der Waals surface area contributed by atoms with Crippen molar-refractivity contribution in [1.29, 1.82) is 0 Å². The molecule has 1 N–H and O–H groups in total. The van der Waals surface area contributed by atoms with Crippen molar-refractivity contribution in [3.63, 3.8) is 0 Å². The van der Waals surface area contributed by atoms with Gasteiger partial charge in [0.15, 0.2) is 0 Å². The lowest BCUT2D eigenvalue weighted by molar-refractivity contribution is 0.797. The second-order valence-corrected chi connectivity index (χ2v) is 8.03. The van der Waals surface area contributed by atoms with E-state index in [4.69, 9.17) is 0 Å². The first-order chi connectivity index (χ1) is 8.87. The van der Waals surface area contributed by atoms with Crippen molar-refractivity contribution in [3.8, 4) is 0 Å². The molecule has 0 bridgehead atoms. The molecule has 0 aliphatic heterocycles. The predicted molar refractivity (Wildman–Crippen MR) is 88.9 cm³/mol. The Kier molecular flexibility index (Phi) is 6.60.